The third-order valence-electron chi connectivity index (χ3n) is 2.10. The van der Waals surface area contributed by atoms with Gasteiger partial charge in [-0.25, -0.2) is 0 Å². The zero-order valence-corrected chi connectivity index (χ0v) is 7.73. The molecule has 1 aromatic rings. The first kappa shape index (κ1) is 8.32. The average molecular weight is 175 g/mol. The maximum Gasteiger partial charge on any atom is 0.0957 e. The van der Waals surface area contributed by atoms with E-state index in [1.54, 1.807) is 0 Å². The summed E-state index contributed by atoms with van der Waals surface area (Å²) in [5.41, 5.74) is 2.42. The van der Waals surface area contributed by atoms with Gasteiger partial charge in [0, 0.05) is 0 Å². The van der Waals surface area contributed by atoms with Gasteiger partial charge in [0.05, 0.1) is 18.8 Å². The summed E-state index contributed by atoms with van der Waals surface area (Å²) in [6, 6.07) is 10.1. The van der Waals surface area contributed by atoms with Gasteiger partial charge in [-0.15, -0.1) is 0 Å². The molecule has 1 aliphatic heterocycles. The SMILES string of the molecule is CC1=CCN(c2ccccc2)OC1. The van der Waals surface area contributed by atoms with Crippen molar-refractivity contribution in [2.24, 2.45) is 0 Å². The summed E-state index contributed by atoms with van der Waals surface area (Å²) >= 11 is 0. The third-order valence-corrected chi connectivity index (χ3v) is 2.10. The Labute approximate surface area is 78.4 Å². The van der Waals surface area contributed by atoms with Gasteiger partial charge in [-0.05, 0) is 24.6 Å². The van der Waals surface area contributed by atoms with Crippen molar-refractivity contribution in [3.63, 3.8) is 0 Å². The number of rotatable bonds is 1. The van der Waals surface area contributed by atoms with Crippen molar-refractivity contribution in [2.75, 3.05) is 18.2 Å². The molecule has 0 amide bonds. The molecule has 0 saturated carbocycles. The van der Waals surface area contributed by atoms with Crippen LogP contribution in [0.2, 0.25) is 0 Å². The van der Waals surface area contributed by atoms with Crippen LogP contribution in [0.25, 0.3) is 0 Å². The normalized spacial score (nSPS) is 17.0. The highest BCUT2D eigenvalue weighted by atomic mass is 16.7. The van der Waals surface area contributed by atoms with Crippen molar-refractivity contribution in [2.45, 2.75) is 6.92 Å². The predicted octanol–water partition coefficient (Wildman–Crippen LogP) is 2.38. The van der Waals surface area contributed by atoms with Crippen LogP contribution in [0.1, 0.15) is 6.92 Å². The first-order chi connectivity index (χ1) is 6.36. The summed E-state index contributed by atoms with van der Waals surface area (Å²) in [5, 5.41) is 1.91. The lowest BCUT2D eigenvalue weighted by atomic mass is 10.2. The molecule has 0 bridgehead atoms. The van der Waals surface area contributed by atoms with Gasteiger partial charge in [-0.1, -0.05) is 24.3 Å². The molecule has 13 heavy (non-hydrogen) atoms. The van der Waals surface area contributed by atoms with Crippen LogP contribution in [0.5, 0.6) is 0 Å². The van der Waals surface area contributed by atoms with Crippen LogP contribution in [0.4, 0.5) is 5.69 Å². The molecular weight excluding hydrogens is 162 g/mol. The molecule has 0 N–H and O–H groups in total. The number of benzene rings is 1. The van der Waals surface area contributed by atoms with E-state index in [1.807, 2.05) is 23.3 Å². The van der Waals surface area contributed by atoms with Gasteiger partial charge in [-0.2, -0.15) is 0 Å². The van der Waals surface area contributed by atoms with E-state index in [4.69, 9.17) is 4.84 Å². The minimum absolute atomic E-state index is 0.703. The predicted molar refractivity (Wildman–Crippen MR) is 53.5 cm³/mol. The van der Waals surface area contributed by atoms with Crippen LogP contribution in [0.15, 0.2) is 42.0 Å². The lowest BCUT2D eigenvalue weighted by molar-refractivity contribution is 0.125. The van der Waals surface area contributed by atoms with E-state index in [0.29, 0.717) is 6.61 Å². The summed E-state index contributed by atoms with van der Waals surface area (Å²) in [5.74, 6) is 0. The van der Waals surface area contributed by atoms with Gasteiger partial charge in [0.1, 0.15) is 0 Å². The van der Waals surface area contributed by atoms with Gasteiger partial charge in [-0.3, -0.25) is 9.90 Å². The van der Waals surface area contributed by atoms with Crippen LogP contribution in [0, 0.1) is 0 Å². The molecule has 2 nitrogen and oxygen atoms in total. The highest BCUT2D eigenvalue weighted by Crippen LogP contribution is 2.17. The number of nitrogens with zero attached hydrogens (tertiary/aromatic N) is 1. The van der Waals surface area contributed by atoms with Crippen LogP contribution in [-0.4, -0.2) is 13.2 Å². The molecule has 1 aliphatic rings. The molecule has 0 aliphatic carbocycles. The Morgan fingerprint density at radius 2 is 2.00 bits per heavy atom. The fraction of sp³-hybridized carbons (Fsp3) is 0.273. The van der Waals surface area contributed by atoms with E-state index in [-0.39, 0.29) is 0 Å². The Balaban J connectivity index is 2.12. The summed E-state index contributed by atoms with van der Waals surface area (Å²) in [6.45, 7) is 3.63. The Morgan fingerprint density at radius 3 is 2.62 bits per heavy atom. The summed E-state index contributed by atoms with van der Waals surface area (Å²) in [4.78, 5) is 5.54. The highest BCUT2D eigenvalue weighted by molar-refractivity contribution is 5.44. The maximum absolute atomic E-state index is 5.54. The second-order valence-corrected chi connectivity index (χ2v) is 3.22. The Kier molecular flexibility index (Phi) is 2.32. The quantitative estimate of drug-likeness (QED) is 0.608. The molecule has 2 heteroatoms. The molecule has 0 fully saturated rings. The van der Waals surface area contributed by atoms with Crippen molar-refractivity contribution in [3.05, 3.63) is 42.0 Å². The smallest absolute Gasteiger partial charge is 0.0957 e. The molecule has 1 aromatic carbocycles. The molecular formula is C11H13NO. The van der Waals surface area contributed by atoms with Gasteiger partial charge >= 0.3 is 0 Å². The van der Waals surface area contributed by atoms with Gasteiger partial charge < -0.3 is 0 Å². The molecule has 2 rings (SSSR count). The van der Waals surface area contributed by atoms with E-state index in [9.17, 15) is 0 Å². The van der Waals surface area contributed by atoms with Gasteiger partial charge in [0.2, 0.25) is 0 Å². The highest BCUT2D eigenvalue weighted by Gasteiger charge is 2.09. The number of para-hydroxylation sites is 1. The minimum Gasteiger partial charge on any atom is -0.269 e. The number of anilines is 1. The molecule has 0 saturated heterocycles. The molecule has 1 heterocycles. The van der Waals surface area contributed by atoms with Gasteiger partial charge in [0.15, 0.2) is 0 Å². The van der Waals surface area contributed by atoms with Crippen molar-refractivity contribution in [1.29, 1.82) is 0 Å². The number of hydrogen-bond acceptors (Lipinski definition) is 2. The molecule has 0 aromatic heterocycles. The molecule has 0 unspecified atom stereocenters. The number of hydroxylamine groups is 1. The van der Waals surface area contributed by atoms with Crippen LogP contribution < -0.4 is 5.06 Å². The van der Waals surface area contributed by atoms with Gasteiger partial charge in [0.25, 0.3) is 0 Å². The van der Waals surface area contributed by atoms with E-state index >= 15 is 0 Å². The first-order valence-corrected chi connectivity index (χ1v) is 4.47. The van der Waals surface area contributed by atoms with Crippen LogP contribution >= 0.6 is 0 Å². The molecule has 0 radical (unpaired) electrons. The Hall–Kier alpha value is -1.28. The first-order valence-electron chi connectivity index (χ1n) is 4.47. The molecule has 0 spiro atoms. The average Bonchev–Trinajstić information content (AvgIpc) is 2.20. The lowest BCUT2D eigenvalue weighted by Gasteiger charge is -2.26. The lowest BCUT2D eigenvalue weighted by Crippen LogP contribution is -2.28. The number of hydrogen-bond donors (Lipinski definition) is 0. The summed E-state index contributed by atoms with van der Waals surface area (Å²) in [6.07, 6.45) is 2.19. The Morgan fingerprint density at radius 1 is 1.23 bits per heavy atom. The maximum atomic E-state index is 5.54. The van der Waals surface area contributed by atoms with E-state index in [2.05, 4.69) is 25.1 Å². The largest absolute Gasteiger partial charge is 0.269 e. The van der Waals surface area contributed by atoms with Crippen LogP contribution in [-0.2, 0) is 4.84 Å². The van der Waals surface area contributed by atoms with E-state index < -0.39 is 0 Å². The monoisotopic (exact) mass is 175 g/mol. The standard InChI is InChI=1S/C11H13NO/c1-10-7-8-12(13-9-10)11-5-3-2-4-6-11/h2-7H,8-9H2,1H3. The van der Waals surface area contributed by atoms with Crippen molar-refractivity contribution in [1.82, 2.24) is 0 Å². The minimum atomic E-state index is 0.703. The molecule has 68 valence electrons. The third kappa shape index (κ3) is 1.90. The van der Waals surface area contributed by atoms with Crippen molar-refractivity contribution < 1.29 is 4.84 Å². The Bertz CT molecular complexity index is 305. The van der Waals surface area contributed by atoms with Crippen molar-refractivity contribution >= 4 is 5.69 Å². The second-order valence-electron chi connectivity index (χ2n) is 3.22. The zero-order chi connectivity index (χ0) is 9.10. The fourth-order valence-corrected chi connectivity index (χ4v) is 1.30. The van der Waals surface area contributed by atoms with Crippen molar-refractivity contribution in [3.8, 4) is 0 Å². The fourth-order valence-electron chi connectivity index (χ4n) is 1.30. The summed E-state index contributed by atoms with van der Waals surface area (Å²) < 4.78 is 0. The summed E-state index contributed by atoms with van der Waals surface area (Å²) in [7, 11) is 0. The zero-order valence-electron chi connectivity index (χ0n) is 7.73. The van der Waals surface area contributed by atoms with E-state index in [1.165, 1.54) is 5.57 Å². The second kappa shape index (κ2) is 3.62. The topological polar surface area (TPSA) is 12.5 Å². The van der Waals surface area contributed by atoms with E-state index in [0.717, 1.165) is 12.2 Å². The van der Waals surface area contributed by atoms with Crippen LogP contribution in [0.3, 0.4) is 0 Å². The molecule has 0 atom stereocenters.